The van der Waals surface area contributed by atoms with Gasteiger partial charge in [0.25, 0.3) is 0 Å². The summed E-state index contributed by atoms with van der Waals surface area (Å²) in [6, 6.07) is 9.80. The standard InChI is InChI=1S/C8H10O.C3H5N/c1-2-9-8-6-4-3-5-7-8;1-3-4-2/h3-7H,2H2,1H3;3H2,1H3. The Balaban J connectivity index is 0.000000310. The minimum Gasteiger partial charge on any atom is -0.494 e. The summed E-state index contributed by atoms with van der Waals surface area (Å²) in [5.74, 6) is 0.944. The smallest absolute Gasteiger partial charge is 0.211 e. The topological polar surface area (TPSA) is 13.6 Å². The maximum Gasteiger partial charge on any atom is 0.211 e. The van der Waals surface area contributed by atoms with E-state index < -0.39 is 0 Å². The van der Waals surface area contributed by atoms with Crippen LogP contribution >= 0.6 is 0 Å². The molecule has 0 spiro atoms. The molecule has 1 aromatic rings. The van der Waals surface area contributed by atoms with Crippen LogP contribution in [0.1, 0.15) is 13.8 Å². The third-order valence-corrected chi connectivity index (χ3v) is 1.21. The van der Waals surface area contributed by atoms with Crippen LogP contribution in [0.3, 0.4) is 0 Å². The lowest BCUT2D eigenvalue weighted by Crippen LogP contribution is -1.89. The highest BCUT2D eigenvalue weighted by molar-refractivity contribution is 5.20. The SMILES string of the molecule is CCOc1ccccc1.[C-]#[N+]CC. The molecule has 0 aromatic heterocycles. The van der Waals surface area contributed by atoms with Gasteiger partial charge in [-0.15, -0.1) is 0 Å². The van der Waals surface area contributed by atoms with Gasteiger partial charge in [-0.3, -0.25) is 0 Å². The third-order valence-electron chi connectivity index (χ3n) is 1.21. The number of hydrogen-bond donors (Lipinski definition) is 0. The van der Waals surface area contributed by atoms with Crippen molar-refractivity contribution in [2.45, 2.75) is 13.8 Å². The van der Waals surface area contributed by atoms with Gasteiger partial charge < -0.3 is 9.58 Å². The average Bonchev–Trinajstić information content (AvgIpc) is 2.20. The summed E-state index contributed by atoms with van der Waals surface area (Å²) in [5, 5.41) is 0. The molecule has 1 rings (SSSR count). The minimum atomic E-state index is 0.611. The zero-order chi connectivity index (χ0) is 9.94. The lowest BCUT2D eigenvalue weighted by atomic mass is 10.3. The number of benzene rings is 1. The van der Waals surface area contributed by atoms with Crippen molar-refractivity contribution in [3.63, 3.8) is 0 Å². The van der Waals surface area contributed by atoms with Crippen LogP contribution in [0.5, 0.6) is 5.75 Å². The van der Waals surface area contributed by atoms with Crippen molar-refractivity contribution in [1.29, 1.82) is 0 Å². The maximum absolute atomic E-state index is 6.08. The third kappa shape index (κ3) is 6.89. The minimum absolute atomic E-state index is 0.611. The van der Waals surface area contributed by atoms with E-state index in [0.717, 1.165) is 12.4 Å². The highest BCUT2D eigenvalue weighted by Crippen LogP contribution is 2.06. The molecule has 0 aliphatic rings. The van der Waals surface area contributed by atoms with Gasteiger partial charge in [0, 0.05) is 6.92 Å². The second kappa shape index (κ2) is 8.61. The fourth-order valence-corrected chi connectivity index (χ4v) is 0.683. The molecule has 2 nitrogen and oxygen atoms in total. The Bertz CT molecular complexity index is 238. The molecule has 0 aliphatic heterocycles. The van der Waals surface area contributed by atoms with Gasteiger partial charge in [-0.05, 0) is 19.1 Å². The molecule has 0 atom stereocenters. The molecule has 13 heavy (non-hydrogen) atoms. The van der Waals surface area contributed by atoms with Gasteiger partial charge in [0.2, 0.25) is 6.54 Å². The molecule has 0 saturated carbocycles. The number of para-hydroxylation sites is 1. The molecule has 0 radical (unpaired) electrons. The molecule has 2 heteroatoms. The Morgan fingerprint density at radius 3 is 2.15 bits per heavy atom. The summed E-state index contributed by atoms with van der Waals surface area (Å²) in [6.45, 7) is 11.2. The molecule has 0 amide bonds. The van der Waals surface area contributed by atoms with Gasteiger partial charge in [0.15, 0.2) is 0 Å². The second-order valence-corrected chi connectivity index (χ2v) is 2.22. The summed E-state index contributed by atoms with van der Waals surface area (Å²) in [6.07, 6.45) is 0. The molecule has 0 fully saturated rings. The normalized spacial score (nSPS) is 7.77. The number of nitrogens with zero attached hydrogens (tertiary/aromatic N) is 1. The Morgan fingerprint density at radius 2 is 1.77 bits per heavy atom. The van der Waals surface area contributed by atoms with E-state index in [1.165, 1.54) is 0 Å². The van der Waals surface area contributed by atoms with Crippen LogP contribution in [0.15, 0.2) is 30.3 Å². The van der Waals surface area contributed by atoms with E-state index in [0.29, 0.717) is 6.54 Å². The van der Waals surface area contributed by atoms with Crippen molar-refractivity contribution in [3.8, 4) is 5.75 Å². The molecule has 0 bridgehead atoms. The van der Waals surface area contributed by atoms with Gasteiger partial charge in [-0.25, -0.2) is 6.57 Å². The maximum atomic E-state index is 6.08. The number of rotatable bonds is 2. The summed E-state index contributed by atoms with van der Waals surface area (Å²) in [4.78, 5) is 2.99. The Labute approximate surface area is 80.0 Å². The monoisotopic (exact) mass is 177 g/mol. The van der Waals surface area contributed by atoms with Crippen LogP contribution in [0.4, 0.5) is 0 Å². The van der Waals surface area contributed by atoms with E-state index in [1.54, 1.807) is 0 Å². The highest BCUT2D eigenvalue weighted by Gasteiger charge is 1.83. The van der Waals surface area contributed by atoms with E-state index in [1.807, 2.05) is 44.2 Å². The Hall–Kier alpha value is -1.49. The number of ether oxygens (including phenoxy) is 1. The molecule has 0 saturated heterocycles. The molecule has 0 N–H and O–H groups in total. The zero-order valence-corrected chi connectivity index (χ0v) is 8.16. The summed E-state index contributed by atoms with van der Waals surface area (Å²) >= 11 is 0. The summed E-state index contributed by atoms with van der Waals surface area (Å²) in [5.41, 5.74) is 0. The van der Waals surface area contributed by atoms with Crippen molar-refractivity contribution in [2.75, 3.05) is 13.2 Å². The molecule has 0 unspecified atom stereocenters. The summed E-state index contributed by atoms with van der Waals surface area (Å²) < 4.78 is 5.21. The zero-order valence-electron chi connectivity index (χ0n) is 8.16. The van der Waals surface area contributed by atoms with Crippen molar-refractivity contribution in [2.24, 2.45) is 0 Å². The fourth-order valence-electron chi connectivity index (χ4n) is 0.683. The van der Waals surface area contributed by atoms with Gasteiger partial charge in [0.05, 0.1) is 6.61 Å². The van der Waals surface area contributed by atoms with Crippen molar-refractivity contribution >= 4 is 0 Å². The van der Waals surface area contributed by atoms with Crippen molar-refractivity contribution in [3.05, 3.63) is 41.7 Å². The van der Waals surface area contributed by atoms with Crippen LogP contribution in [-0.4, -0.2) is 13.2 Å². The van der Waals surface area contributed by atoms with Crippen LogP contribution < -0.4 is 4.74 Å². The van der Waals surface area contributed by atoms with E-state index >= 15 is 0 Å². The van der Waals surface area contributed by atoms with E-state index in [4.69, 9.17) is 11.3 Å². The van der Waals surface area contributed by atoms with Crippen LogP contribution in [-0.2, 0) is 0 Å². The first-order valence-electron chi connectivity index (χ1n) is 4.36. The Morgan fingerprint density at radius 1 is 1.23 bits per heavy atom. The largest absolute Gasteiger partial charge is 0.494 e. The first kappa shape index (κ1) is 11.5. The van der Waals surface area contributed by atoms with Crippen LogP contribution in [0.25, 0.3) is 4.85 Å². The van der Waals surface area contributed by atoms with Crippen LogP contribution in [0, 0.1) is 6.57 Å². The molecular formula is C11H15NO. The quantitative estimate of drug-likeness (QED) is 0.633. The molecular weight excluding hydrogens is 162 g/mol. The summed E-state index contributed by atoms with van der Waals surface area (Å²) in [7, 11) is 0. The van der Waals surface area contributed by atoms with Crippen molar-refractivity contribution < 1.29 is 4.74 Å². The second-order valence-electron chi connectivity index (χ2n) is 2.22. The molecule has 1 aromatic carbocycles. The predicted molar refractivity (Wildman–Crippen MR) is 54.8 cm³/mol. The average molecular weight is 177 g/mol. The predicted octanol–water partition coefficient (Wildman–Crippen LogP) is 3.01. The van der Waals surface area contributed by atoms with Gasteiger partial charge >= 0.3 is 0 Å². The Kier molecular flexibility index (Phi) is 7.62. The van der Waals surface area contributed by atoms with E-state index in [9.17, 15) is 0 Å². The first-order chi connectivity index (χ1) is 6.35. The van der Waals surface area contributed by atoms with Gasteiger partial charge in [-0.1, -0.05) is 18.2 Å². The van der Waals surface area contributed by atoms with Gasteiger partial charge in [0.1, 0.15) is 5.75 Å². The molecule has 0 heterocycles. The lowest BCUT2D eigenvalue weighted by Gasteiger charge is -1.99. The van der Waals surface area contributed by atoms with Crippen molar-refractivity contribution in [1.82, 2.24) is 0 Å². The molecule has 0 aliphatic carbocycles. The first-order valence-corrected chi connectivity index (χ1v) is 4.36. The van der Waals surface area contributed by atoms with Crippen LogP contribution in [0.2, 0.25) is 0 Å². The highest BCUT2D eigenvalue weighted by atomic mass is 16.5. The van der Waals surface area contributed by atoms with Gasteiger partial charge in [-0.2, -0.15) is 0 Å². The fraction of sp³-hybridized carbons (Fsp3) is 0.364. The van der Waals surface area contributed by atoms with E-state index in [-0.39, 0.29) is 0 Å². The number of hydrogen-bond acceptors (Lipinski definition) is 1. The molecule has 70 valence electrons. The lowest BCUT2D eigenvalue weighted by molar-refractivity contribution is 0.340. The van der Waals surface area contributed by atoms with E-state index in [2.05, 4.69) is 4.85 Å².